The standard InChI is InChI=1S/C52H30B2N4O/c1-3-15-33(16-4-1)57-40-24-11-20-35-37-22-9-13-31-27-29-55(48(31)37)53(44(35)40)46-47-51(52-43(50(46)57)39-19-7-8-26-42(39)59-52)58(34-17-5-2-6-18-34)41-25-12-21-36-38-23-10-14-32-28-30-56(49(32)38)54(47)45(36)41/h1-30H. The molecule has 7 heterocycles. The van der Waals surface area contributed by atoms with Crippen LogP contribution in [0.1, 0.15) is 0 Å². The van der Waals surface area contributed by atoms with E-state index in [1.54, 1.807) is 0 Å². The fraction of sp³-hybridized carbons (Fsp3) is 0. The number of furan rings is 1. The second-order valence-corrected chi connectivity index (χ2v) is 16.4. The minimum atomic E-state index is -0.135. The monoisotopic (exact) mass is 748 g/mol. The molecule has 0 atom stereocenters. The Hall–Kier alpha value is -7.63. The molecule has 59 heavy (non-hydrogen) atoms. The fourth-order valence-electron chi connectivity index (χ4n) is 11.6. The first-order valence-electron chi connectivity index (χ1n) is 20.5. The highest BCUT2D eigenvalue weighted by Gasteiger charge is 2.51. The Bertz CT molecular complexity index is 3660. The van der Waals surface area contributed by atoms with Gasteiger partial charge in [0.15, 0.2) is 5.58 Å². The van der Waals surface area contributed by atoms with Crippen molar-refractivity contribution in [3.8, 4) is 22.3 Å². The maximum absolute atomic E-state index is 7.34. The van der Waals surface area contributed by atoms with Crippen molar-refractivity contribution < 1.29 is 4.42 Å². The third-order valence-corrected chi connectivity index (χ3v) is 13.7. The van der Waals surface area contributed by atoms with Crippen molar-refractivity contribution in [3.05, 3.63) is 182 Å². The number of fused-ring (bicyclic) bond motifs is 14. The molecule has 0 spiro atoms. The van der Waals surface area contributed by atoms with E-state index in [1.807, 2.05) is 0 Å². The van der Waals surface area contributed by atoms with Crippen LogP contribution in [0.4, 0.5) is 34.1 Å². The summed E-state index contributed by atoms with van der Waals surface area (Å²) in [6.45, 7) is -0.255. The molecule has 0 aliphatic carbocycles. The van der Waals surface area contributed by atoms with Gasteiger partial charge in [-0.15, -0.1) is 0 Å². The molecular weight excluding hydrogens is 718 g/mol. The van der Waals surface area contributed by atoms with Gasteiger partial charge in [-0.05, 0) is 111 Å². The van der Waals surface area contributed by atoms with E-state index in [-0.39, 0.29) is 13.7 Å². The third kappa shape index (κ3) is 3.58. The molecule has 5 nitrogen and oxygen atoms in total. The number of benzene rings is 8. The first kappa shape index (κ1) is 30.5. The van der Waals surface area contributed by atoms with E-state index in [0.717, 1.165) is 39.0 Å². The van der Waals surface area contributed by atoms with Crippen LogP contribution in [0.5, 0.6) is 0 Å². The molecule has 0 fully saturated rings. The topological polar surface area (TPSA) is 29.5 Å². The average Bonchev–Trinajstić information content (AvgIpc) is 4.04. The van der Waals surface area contributed by atoms with Gasteiger partial charge in [-0.25, -0.2) is 0 Å². The minimum absolute atomic E-state index is 0.120. The molecule has 3 aromatic heterocycles. The molecule has 8 aromatic carbocycles. The molecule has 0 saturated heterocycles. The van der Waals surface area contributed by atoms with Crippen LogP contribution in [-0.4, -0.2) is 22.7 Å². The molecule has 15 rings (SSSR count). The number of aromatic nitrogens is 2. The second kappa shape index (κ2) is 10.6. The maximum atomic E-state index is 7.34. The van der Waals surface area contributed by atoms with Crippen molar-refractivity contribution in [3.63, 3.8) is 0 Å². The van der Waals surface area contributed by atoms with Gasteiger partial charge in [0.1, 0.15) is 5.58 Å². The summed E-state index contributed by atoms with van der Waals surface area (Å²) in [5.41, 5.74) is 21.6. The lowest BCUT2D eigenvalue weighted by Crippen LogP contribution is -2.68. The van der Waals surface area contributed by atoms with E-state index < -0.39 is 0 Å². The summed E-state index contributed by atoms with van der Waals surface area (Å²) in [5.74, 6) is 0. The van der Waals surface area contributed by atoms with E-state index >= 15 is 0 Å². The Labute approximate surface area is 339 Å². The highest BCUT2D eigenvalue weighted by atomic mass is 16.3. The van der Waals surface area contributed by atoms with Gasteiger partial charge in [0.25, 0.3) is 0 Å². The van der Waals surface area contributed by atoms with Crippen LogP contribution in [0.15, 0.2) is 187 Å². The smallest absolute Gasteiger partial charge is 0.332 e. The lowest BCUT2D eigenvalue weighted by Gasteiger charge is -2.46. The molecule has 0 amide bonds. The van der Waals surface area contributed by atoms with Gasteiger partial charge in [0.05, 0.1) is 16.8 Å². The van der Waals surface area contributed by atoms with Crippen molar-refractivity contribution in [2.45, 2.75) is 0 Å². The molecule has 0 N–H and O–H groups in total. The SMILES string of the molecule is c1ccc(N2c3cccc4c3B(c3c5c(c6c(oc7ccccc76)c32)N(c2ccccc2)c2cccc3c2B5n2ccc5cccc-3c52)n2ccc3cccc-4c32)cc1. The highest BCUT2D eigenvalue weighted by Crippen LogP contribution is 2.52. The zero-order valence-electron chi connectivity index (χ0n) is 31.7. The fourth-order valence-corrected chi connectivity index (χ4v) is 11.6. The summed E-state index contributed by atoms with van der Waals surface area (Å²) >= 11 is 0. The lowest BCUT2D eigenvalue weighted by atomic mass is 9.36. The van der Waals surface area contributed by atoms with Gasteiger partial charge in [-0.3, -0.25) is 0 Å². The molecule has 7 heteroatoms. The van der Waals surface area contributed by atoms with Gasteiger partial charge in [-0.1, -0.05) is 115 Å². The van der Waals surface area contributed by atoms with Gasteiger partial charge in [-0.2, -0.15) is 0 Å². The van der Waals surface area contributed by atoms with Crippen molar-refractivity contribution in [2.75, 3.05) is 9.80 Å². The summed E-state index contributed by atoms with van der Waals surface area (Å²) in [6, 6.07) is 62.5. The number of hydrogen-bond acceptors (Lipinski definition) is 3. The first-order valence-corrected chi connectivity index (χ1v) is 20.5. The van der Waals surface area contributed by atoms with E-state index in [4.69, 9.17) is 4.42 Å². The Morgan fingerprint density at radius 3 is 1.47 bits per heavy atom. The normalized spacial score (nSPS) is 14.0. The van der Waals surface area contributed by atoms with Gasteiger partial charge >= 0.3 is 13.7 Å². The van der Waals surface area contributed by atoms with E-state index in [1.165, 1.54) is 83.0 Å². The van der Waals surface area contributed by atoms with E-state index in [2.05, 4.69) is 201 Å². The van der Waals surface area contributed by atoms with Crippen LogP contribution in [0.2, 0.25) is 0 Å². The van der Waals surface area contributed by atoms with Crippen LogP contribution in [-0.2, 0) is 0 Å². The van der Waals surface area contributed by atoms with Gasteiger partial charge in [0, 0.05) is 50.3 Å². The van der Waals surface area contributed by atoms with Crippen LogP contribution in [0, 0.1) is 0 Å². The third-order valence-electron chi connectivity index (χ3n) is 13.7. The molecule has 270 valence electrons. The van der Waals surface area contributed by atoms with Crippen LogP contribution < -0.4 is 31.7 Å². The second-order valence-electron chi connectivity index (χ2n) is 16.4. The maximum Gasteiger partial charge on any atom is 0.332 e. The van der Waals surface area contributed by atoms with E-state index in [9.17, 15) is 0 Å². The number of nitrogens with zero attached hydrogens (tertiary/aromatic N) is 4. The van der Waals surface area contributed by atoms with Crippen molar-refractivity contribution in [1.29, 1.82) is 0 Å². The van der Waals surface area contributed by atoms with Crippen LogP contribution in [0.25, 0.3) is 66.0 Å². The Kier molecular flexibility index (Phi) is 5.51. The van der Waals surface area contributed by atoms with Gasteiger partial charge in [0.2, 0.25) is 0 Å². The Morgan fingerprint density at radius 2 is 0.881 bits per heavy atom. The predicted molar refractivity (Wildman–Crippen MR) is 246 cm³/mol. The molecule has 11 aromatic rings. The van der Waals surface area contributed by atoms with Gasteiger partial charge < -0.3 is 23.2 Å². The number of anilines is 6. The Balaban J connectivity index is 1.23. The molecule has 4 aliphatic rings. The predicted octanol–water partition coefficient (Wildman–Crippen LogP) is 10.3. The zero-order chi connectivity index (χ0) is 38.1. The largest absolute Gasteiger partial charge is 0.454 e. The molecule has 0 radical (unpaired) electrons. The van der Waals surface area contributed by atoms with Crippen molar-refractivity contribution >= 4 is 113 Å². The Morgan fingerprint density at radius 1 is 0.390 bits per heavy atom. The highest BCUT2D eigenvalue weighted by molar-refractivity contribution is 6.99. The lowest BCUT2D eigenvalue weighted by molar-refractivity contribution is 0.669. The van der Waals surface area contributed by atoms with Crippen molar-refractivity contribution in [1.82, 2.24) is 8.96 Å². The molecule has 0 unspecified atom stereocenters. The van der Waals surface area contributed by atoms with Crippen LogP contribution >= 0.6 is 0 Å². The molecule has 0 bridgehead atoms. The number of para-hydroxylation sites is 5. The van der Waals surface area contributed by atoms with Crippen LogP contribution in [0.3, 0.4) is 0 Å². The summed E-state index contributed by atoms with van der Waals surface area (Å²) in [5, 5.41) is 4.75. The number of rotatable bonds is 2. The molecule has 4 aliphatic heterocycles. The van der Waals surface area contributed by atoms with E-state index in [0.29, 0.717) is 0 Å². The summed E-state index contributed by atoms with van der Waals surface area (Å²) < 4.78 is 12.5. The average molecular weight is 748 g/mol. The quantitative estimate of drug-likeness (QED) is 0.165. The minimum Gasteiger partial charge on any atom is -0.454 e. The molecular formula is C52H30B2N4O. The number of hydrogen-bond donors (Lipinski definition) is 0. The molecule has 0 saturated carbocycles. The summed E-state index contributed by atoms with van der Waals surface area (Å²) in [6.07, 6.45) is 4.67. The van der Waals surface area contributed by atoms with Crippen molar-refractivity contribution in [2.24, 2.45) is 0 Å². The zero-order valence-corrected chi connectivity index (χ0v) is 31.7. The summed E-state index contributed by atoms with van der Waals surface area (Å²) in [7, 11) is 0. The first-order chi connectivity index (χ1) is 29.3. The summed E-state index contributed by atoms with van der Waals surface area (Å²) in [4.78, 5) is 5.07.